The van der Waals surface area contributed by atoms with E-state index in [9.17, 15) is 5.11 Å². The maximum Gasteiger partial charge on any atom is 0.166 e. The second-order valence-electron chi connectivity index (χ2n) is 11.7. The average Bonchev–Trinajstić information content (AvgIpc) is 2.88. The number of likely N-dealkylation sites (N-methyl/N-ethyl adjacent to an activating group) is 1. The predicted molar refractivity (Wildman–Crippen MR) is 158 cm³/mol. The normalized spacial score (nSPS) is 13.4. The lowest BCUT2D eigenvalue weighted by molar-refractivity contribution is -0.874. The molecular formula is C32H60NO5+. The van der Waals surface area contributed by atoms with Gasteiger partial charge in [0.05, 0.1) is 34.9 Å². The number of aliphatic hydroxyl groups excluding tert-OH is 1. The molecule has 0 aliphatic carbocycles. The van der Waals surface area contributed by atoms with E-state index in [-0.39, 0.29) is 6.10 Å². The molecule has 2 atom stereocenters. The summed E-state index contributed by atoms with van der Waals surface area (Å²) in [4.78, 5) is 0. The molecule has 1 aromatic rings. The first kappa shape index (κ1) is 34.7. The number of ether oxygens (including phenoxy) is 4. The highest BCUT2D eigenvalue weighted by atomic mass is 16.6. The molecule has 0 amide bonds. The van der Waals surface area contributed by atoms with Crippen molar-refractivity contribution in [1.29, 1.82) is 0 Å². The van der Waals surface area contributed by atoms with Crippen molar-refractivity contribution in [3.63, 3.8) is 0 Å². The molecule has 1 N–H and O–H groups in total. The van der Waals surface area contributed by atoms with Crippen LogP contribution in [0.1, 0.15) is 108 Å². The Labute approximate surface area is 234 Å². The monoisotopic (exact) mass is 538 g/mol. The number of aliphatic hydroxyl groups is 1. The van der Waals surface area contributed by atoms with E-state index in [0.717, 1.165) is 18.6 Å². The van der Waals surface area contributed by atoms with Gasteiger partial charge in [-0.05, 0) is 12.5 Å². The van der Waals surface area contributed by atoms with Crippen LogP contribution < -0.4 is 9.47 Å². The second-order valence-corrected chi connectivity index (χ2v) is 11.7. The maximum atomic E-state index is 10.7. The zero-order valence-corrected chi connectivity index (χ0v) is 25.6. The van der Waals surface area contributed by atoms with Crippen molar-refractivity contribution in [2.45, 2.75) is 109 Å². The smallest absolute Gasteiger partial charge is 0.166 e. The maximum absolute atomic E-state index is 10.7. The van der Waals surface area contributed by atoms with Gasteiger partial charge in [0.2, 0.25) is 0 Å². The van der Waals surface area contributed by atoms with Crippen LogP contribution in [-0.2, 0) is 9.47 Å². The molecule has 0 radical (unpaired) electrons. The summed E-state index contributed by atoms with van der Waals surface area (Å²) in [5, 5.41) is 10.7. The fourth-order valence-corrected chi connectivity index (χ4v) is 4.72. The number of rotatable bonds is 25. The number of hydrogen-bond acceptors (Lipinski definition) is 5. The van der Waals surface area contributed by atoms with E-state index in [1.807, 2.05) is 18.2 Å². The molecule has 0 heterocycles. The highest BCUT2D eigenvalue weighted by Crippen LogP contribution is 2.35. The molecule has 1 rings (SSSR count). The van der Waals surface area contributed by atoms with Gasteiger partial charge in [-0.3, -0.25) is 0 Å². The number of quaternary nitrogens is 1. The molecule has 0 aliphatic rings. The van der Waals surface area contributed by atoms with Crippen molar-refractivity contribution in [3.05, 3.63) is 23.8 Å². The third kappa shape index (κ3) is 16.6. The van der Waals surface area contributed by atoms with Crippen LogP contribution in [0.4, 0.5) is 0 Å². The largest absolute Gasteiger partial charge is 0.492 e. The van der Waals surface area contributed by atoms with Crippen LogP contribution in [0.5, 0.6) is 11.5 Å². The molecule has 6 nitrogen and oxygen atoms in total. The van der Waals surface area contributed by atoms with Gasteiger partial charge in [-0.15, -0.1) is 0 Å². The molecule has 0 spiro atoms. The van der Waals surface area contributed by atoms with E-state index in [1.54, 1.807) is 14.2 Å². The summed E-state index contributed by atoms with van der Waals surface area (Å²) >= 11 is 0. The number of hydrogen-bond donors (Lipinski definition) is 1. The topological polar surface area (TPSA) is 57.2 Å². The summed E-state index contributed by atoms with van der Waals surface area (Å²) in [6.07, 6.45) is 18.2. The molecule has 2 unspecified atom stereocenters. The lowest BCUT2D eigenvalue weighted by Gasteiger charge is -2.28. The average molecular weight is 539 g/mol. The highest BCUT2D eigenvalue weighted by molar-refractivity contribution is 5.47. The Balaban J connectivity index is 2.17. The first-order chi connectivity index (χ1) is 18.3. The Morgan fingerprint density at radius 2 is 1.32 bits per heavy atom. The molecule has 38 heavy (non-hydrogen) atoms. The molecule has 1 aromatic carbocycles. The molecule has 0 aromatic heterocycles. The predicted octanol–water partition coefficient (Wildman–Crippen LogP) is 7.33. The van der Waals surface area contributed by atoms with Gasteiger partial charge in [0, 0.05) is 19.3 Å². The van der Waals surface area contributed by atoms with Crippen LogP contribution in [0.3, 0.4) is 0 Å². The van der Waals surface area contributed by atoms with Crippen molar-refractivity contribution < 1.29 is 28.5 Å². The van der Waals surface area contributed by atoms with E-state index < -0.39 is 6.10 Å². The molecule has 222 valence electrons. The fourth-order valence-electron chi connectivity index (χ4n) is 4.72. The number of benzene rings is 1. The van der Waals surface area contributed by atoms with E-state index in [2.05, 4.69) is 28.1 Å². The summed E-state index contributed by atoms with van der Waals surface area (Å²) < 4.78 is 23.7. The number of nitrogens with zero attached hydrogens (tertiary/aromatic N) is 1. The van der Waals surface area contributed by atoms with Gasteiger partial charge < -0.3 is 28.5 Å². The Bertz CT molecular complexity index is 691. The van der Waals surface area contributed by atoms with Crippen LogP contribution in [-0.4, -0.2) is 77.4 Å². The Hall–Kier alpha value is -1.34. The van der Waals surface area contributed by atoms with E-state index in [4.69, 9.17) is 18.9 Å². The van der Waals surface area contributed by atoms with Crippen LogP contribution in [0.25, 0.3) is 0 Å². The SMILES string of the molecule is CCCCCCCCCCCCCCCCOCC(COc1cccc(C(O)C[N+](C)(C)C)c1OC)OC. The zero-order chi connectivity index (χ0) is 28.1. The van der Waals surface area contributed by atoms with Crippen LogP contribution in [0.2, 0.25) is 0 Å². The van der Waals surface area contributed by atoms with Gasteiger partial charge in [0.15, 0.2) is 11.5 Å². The summed E-state index contributed by atoms with van der Waals surface area (Å²) in [6, 6.07) is 5.64. The van der Waals surface area contributed by atoms with Gasteiger partial charge >= 0.3 is 0 Å². The molecule has 0 aliphatic heterocycles. The summed E-state index contributed by atoms with van der Waals surface area (Å²) in [6.45, 7) is 4.48. The fraction of sp³-hybridized carbons (Fsp3) is 0.812. The summed E-state index contributed by atoms with van der Waals surface area (Å²) in [5.74, 6) is 1.19. The standard InChI is InChI=1S/C32H60NO5/c1-7-8-9-10-11-12-13-14-15-16-17-18-19-20-24-37-26-28(35-5)27-38-31-23-21-22-29(32(31)36-6)30(34)25-33(2,3)4/h21-23,28,30,34H,7-20,24-27H2,1-6H3/q+1. The van der Waals surface area contributed by atoms with Crippen LogP contribution in [0.15, 0.2) is 18.2 Å². The highest BCUT2D eigenvalue weighted by Gasteiger charge is 2.23. The Morgan fingerprint density at radius 3 is 1.82 bits per heavy atom. The lowest BCUT2D eigenvalue weighted by atomic mass is 10.0. The summed E-state index contributed by atoms with van der Waals surface area (Å²) in [7, 11) is 9.45. The minimum absolute atomic E-state index is 0.161. The molecule has 0 bridgehead atoms. The number of para-hydroxylation sites is 1. The zero-order valence-electron chi connectivity index (χ0n) is 25.6. The van der Waals surface area contributed by atoms with Gasteiger partial charge in [0.25, 0.3) is 0 Å². The van der Waals surface area contributed by atoms with Crippen molar-refractivity contribution in [3.8, 4) is 11.5 Å². The first-order valence-electron chi connectivity index (χ1n) is 15.2. The third-order valence-corrected chi connectivity index (χ3v) is 7.00. The molecule has 6 heteroatoms. The van der Waals surface area contributed by atoms with Gasteiger partial charge in [0.1, 0.15) is 25.4 Å². The number of methoxy groups -OCH3 is 2. The van der Waals surface area contributed by atoms with E-state index in [1.165, 1.54) is 83.5 Å². The minimum Gasteiger partial charge on any atom is -0.492 e. The Kier molecular flexibility index (Phi) is 19.6. The molecule has 0 saturated carbocycles. The molecular weight excluding hydrogens is 478 g/mol. The lowest BCUT2D eigenvalue weighted by Crippen LogP contribution is -2.38. The van der Waals surface area contributed by atoms with Crippen molar-refractivity contribution >= 4 is 0 Å². The third-order valence-electron chi connectivity index (χ3n) is 7.00. The Morgan fingerprint density at radius 1 is 0.763 bits per heavy atom. The van der Waals surface area contributed by atoms with E-state index in [0.29, 0.717) is 35.7 Å². The van der Waals surface area contributed by atoms with Crippen molar-refractivity contribution in [1.82, 2.24) is 0 Å². The first-order valence-corrected chi connectivity index (χ1v) is 15.2. The van der Waals surface area contributed by atoms with Crippen LogP contribution >= 0.6 is 0 Å². The van der Waals surface area contributed by atoms with Crippen molar-refractivity contribution in [2.75, 3.05) is 61.7 Å². The van der Waals surface area contributed by atoms with Crippen molar-refractivity contribution in [2.24, 2.45) is 0 Å². The molecule has 0 fully saturated rings. The second kappa shape index (κ2) is 21.5. The van der Waals surface area contributed by atoms with Gasteiger partial charge in [-0.1, -0.05) is 103 Å². The molecule has 0 saturated heterocycles. The van der Waals surface area contributed by atoms with E-state index >= 15 is 0 Å². The van der Waals surface area contributed by atoms with Gasteiger partial charge in [-0.2, -0.15) is 0 Å². The number of unbranched alkanes of at least 4 members (excludes halogenated alkanes) is 13. The minimum atomic E-state index is -0.639. The quantitative estimate of drug-likeness (QED) is 0.104. The summed E-state index contributed by atoms with van der Waals surface area (Å²) in [5.41, 5.74) is 0.737. The van der Waals surface area contributed by atoms with Crippen LogP contribution in [0, 0.1) is 0 Å². The van der Waals surface area contributed by atoms with Gasteiger partial charge in [-0.25, -0.2) is 0 Å².